The molecule has 5 rings (SSSR count). The highest BCUT2D eigenvalue weighted by Crippen LogP contribution is 2.32. The van der Waals surface area contributed by atoms with Gasteiger partial charge in [-0.1, -0.05) is 0 Å². The third-order valence-electron chi connectivity index (χ3n) is 5.80. The molecule has 168 valence electrons. The second kappa shape index (κ2) is 7.71. The van der Waals surface area contributed by atoms with Gasteiger partial charge in [0, 0.05) is 6.54 Å². The number of halogens is 4. The number of hydrogen-bond donors (Lipinski definition) is 3. The van der Waals surface area contributed by atoms with E-state index in [0.717, 1.165) is 31.1 Å². The smallest absolute Gasteiger partial charge is 0.470 e. The number of hydrogen-bond acceptors (Lipinski definition) is 6. The Hall–Kier alpha value is -3.25. The molecule has 3 aliphatic rings. The van der Waals surface area contributed by atoms with E-state index in [1.807, 2.05) is 4.90 Å². The van der Waals surface area contributed by atoms with Gasteiger partial charge in [-0.15, -0.1) is 5.06 Å². The highest BCUT2D eigenvalue weighted by atomic mass is 19.4. The first-order valence-corrected chi connectivity index (χ1v) is 10.0. The van der Waals surface area contributed by atoms with E-state index in [4.69, 9.17) is 4.74 Å². The van der Waals surface area contributed by atoms with Gasteiger partial charge >= 0.3 is 6.18 Å². The third-order valence-corrected chi connectivity index (χ3v) is 5.80. The minimum absolute atomic E-state index is 0.0623. The van der Waals surface area contributed by atoms with Gasteiger partial charge in [-0.25, -0.2) is 24.5 Å². The maximum absolute atomic E-state index is 13.8. The number of imidazole rings is 1. The van der Waals surface area contributed by atoms with Crippen LogP contribution in [-0.4, -0.2) is 56.6 Å². The van der Waals surface area contributed by atoms with E-state index in [1.165, 1.54) is 18.7 Å². The van der Waals surface area contributed by atoms with Crippen molar-refractivity contribution < 1.29 is 32.6 Å². The van der Waals surface area contributed by atoms with Crippen molar-refractivity contribution in [2.24, 2.45) is 0 Å². The number of alkyl halides is 3. The standard InChI is InChI=1S/C20H18F4N6O2/c21-11-3-4-14-13(6-11)15(7-16(30(14)31)20(22,23)24)32-8-12-2-1-5-29(12)19-17-18(26-9-25-17)27-10-28-19/h3-4,6-7,9-10,12,14,31H,1-2,5,8H2,(H,25,26,27,28)/p+1/t12-,14?/m1/s1. The van der Waals surface area contributed by atoms with Crippen LogP contribution in [0.25, 0.3) is 11.2 Å². The number of fused-ring (bicyclic) bond motifs is 2. The molecule has 0 bridgehead atoms. The molecular weight excluding hydrogens is 432 g/mol. The number of anilines is 1. The molecule has 0 spiro atoms. The molecule has 8 nitrogen and oxygen atoms in total. The molecule has 0 aromatic carbocycles. The molecule has 0 amide bonds. The van der Waals surface area contributed by atoms with Crippen molar-refractivity contribution >= 4 is 17.0 Å². The van der Waals surface area contributed by atoms with Gasteiger partial charge in [0.15, 0.2) is 17.5 Å². The number of nitrogens with one attached hydrogen (secondary N) is 2. The maximum atomic E-state index is 13.8. The average molecular weight is 451 g/mol. The Morgan fingerprint density at radius 3 is 2.91 bits per heavy atom. The van der Waals surface area contributed by atoms with E-state index in [-0.39, 0.29) is 24.0 Å². The molecular formula is C20H19F4N6O2+. The lowest BCUT2D eigenvalue weighted by atomic mass is 9.95. The summed E-state index contributed by atoms with van der Waals surface area (Å²) in [4.78, 5) is 17.6. The fourth-order valence-corrected chi connectivity index (χ4v) is 4.29. The summed E-state index contributed by atoms with van der Waals surface area (Å²) in [7, 11) is 0. The topological polar surface area (TPSA) is 91.6 Å². The van der Waals surface area contributed by atoms with Gasteiger partial charge in [-0.05, 0) is 31.1 Å². The number of hydroxylamine groups is 2. The fraction of sp³-hybridized carbons (Fsp3) is 0.350. The van der Waals surface area contributed by atoms with Crippen LogP contribution in [-0.2, 0) is 4.74 Å². The molecule has 2 aliphatic heterocycles. The summed E-state index contributed by atoms with van der Waals surface area (Å²) in [5.41, 5.74) is 0.137. The average Bonchev–Trinajstić information content (AvgIpc) is 3.41. The summed E-state index contributed by atoms with van der Waals surface area (Å²) in [5.74, 6) is -0.0956. The normalized spacial score (nSPS) is 25.8. The van der Waals surface area contributed by atoms with Crippen molar-refractivity contribution in [1.82, 2.24) is 19.9 Å². The summed E-state index contributed by atoms with van der Waals surface area (Å²) in [6.45, 7) is 0.746. The molecule has 2 unspecified atom stereocenters. The number of allylic oxidation sites excluding steroid dienone is 4. The number of ether oxygens (including phenoxy) is 1. The van der Waals surface area contributed by atoms with Gasteiger partial charge < -0.3 is 14.6 Å². The van der Waals surface area contributed by atoms with Gasteiger partial charge in [0.05, 0.1) is 24.0 Å². The highest BCUT2D eigenvalue weighted by molar-refractivity contribution is 5.83. The lowest BCUT2D eigenvalue weighted by Gasteiger charge is -2.31. The van der Waals surface area contributed by atoms with Gasteiger partial charge in [0.25, 0.3) is 0 Å². The summed E-state index contributed by atoms with van der Waals surface area (Å²) in [6, 6.07) is -1.28. The van der Waals surface area contributed by atoms with Crippen molar-refractivity contribution in [2.45, 2.75) is 31.1 Å². The van der Waals surface area contributed by atoms with Gasteiger partial charge in [0.1, 0.15) is 30.0 Å². The lowest BCUT2D eigenvalue weighted by Crippen LogP contribution is -3.13. The number of H-pyrrole nitrogens is 1. The Bertz CT molecular complexity index is 1170. The zero-order chi connectivity index (χ0) is 22.5. The first kappa shape index (κ1) is 20.6. The number of rotatable bonds is 4. The molecule has 1 fully saturated rings. The first-order chi connectivity index (χ1) is 15.3. The molecule has 12 heteroatoms. The predicted octanol–water partition coefficient (Wildman–Crippen LogP) is 2.12. The molecule has 1 saturated heterocycles. The molecule has 32 heavy (non-hydrogen) atoms. The van der Waals surface area contributed by atoms with Crippen molar-refractivity contribution in [1.29, 1.82) is 0 Å². The van der Waals surface area contributed by atoms with Crippen LogP contribution >= 0.6 is 0 Å². The predicted molar refractivity (Wildman–Crippen MR) is 104 cm³/mol. The number of aromatic amines is 1. The Labute approximate surface area is 179 Å². The second-order valence-corrected chi connectivity index (χ2v) is 7.73. The molecule has 0 radical (unpaired) electrons. The minimum Gasteiger partial charge on any atom is -0.491 e. The third kappa shape index (κ3) is 3.54. The molecule has 1 aliphatic carbocycles. The van der Waals surface area contributed by atoms with E-state index in [1.54, 1.807) is 0 Å². The Kier molecular flexibility index (Phi) is 4.97. The zero-order valence-corrected chi connectivity index (χ0v) is 16.6. The van der Waals surface area contributed by atoms with Crippen molar-refractivity contribution in [3.05, 3.63) is 59.8 Å². The molecule has 3 N–H and O–H groups in total. The summed E-state index contributed by atoms with van der Waals surface area (Å²) in [5, 5.41) is 9.29. The van der Waals surface area contributed by atoms with Crippen LogP contribution in [0.15, 0.2) is 59.8 Å². The minimum atomic E-state index is -4.77. The van der Waals surface area contributed by atoms with E-state index in [2.05, 4.69) is 19.9 Å². The SMILES string of the molecule is O[NH+]1C(C(F)(F)F)=CC(OC[C@H]2CCCN2c2ncnc3nc[nH]c23)=C2C=C(F)C=CC21. The zero-order valence-electron chi connectivity index (χ0n) is 16.6. The Morgan fingerprint density at radius 1 is 1.25 bits per heavy atom. The van der Waals surface area contributed by atoms with E-state index >= 15 is 0 Å². The molecule has 0 saturated carbocycles. The van der Waals surface area contributed by atoms with Gasteiger partial charge in [-0.3, -0.25) is 0 Å². The summed E-state index contributed by atoms with van der Waals surface area (Å²) in [6.07, 6.45) is 3.79. The maximum Gasteiger partial charge on any atom is 0.470 e. The van der Waals surface area contributed by atoms with Crippen molar-refractivity contribution in [2.75, 3.05) is 18.1 Å². The second-order valence-electron chi connectivity index (χ2n) is 7.73. The Morgan fingerprint density at radius 2 is 2.09 bits per heavy atom. The van der Waals surface area contributed by atoms with Crippen LogP contribution in [0.5, 0.6) is 0 Å². The largest absolute Gasteiger partial charge is 0.491 e. The quantitative estimate of drug-likeness (QED) is 0.617. The number of aromatic nitrogens is 4. The molecule has 2 aromatic heterocycles. The van der Waals surface area contributed by atoms with Crippen LogP contribution in [0.4, 0.5) is 23.4 Å². The number of nitrogens with zero attached hydrogens (tertiary/aromatic N) is 4. The first-order valence-electron chi connectivity index (χ1n) is 10.0. The number of quaternary nitrogens is 1. The fourth-order valence-electron chi connectivity index (χ4n) is 4.29. The van der Waals surface area contributed by atoms with Crippen LogP contribution in [0.1, 0.15) is 12.8 Å². The van der Waals surface area contributed by atoms with Crippen LogP contribution in [0.3, 0.4) is 0 Å². The monoisotopic (exact) mass is 451 g/mol. The van der Waals surface area contributed by atoms with Crippen LogP contribution in [0.2, 0.25) is 0 Å². The van der Waals surface area contributed by atoms with E-state index in [9.17, 15) is 22.8 Å². The summed E-state index contributed by atoms with van der Waals surface area (Å²) >= 11 is 0. The summed E-state index contributed by atoms with van der Waals surface area (Å²) < 4.78 is 60.1. The molecule has 4 heterocycles. The van der Waals surface area contributed by atoms with Crippen LogP contribution < -0.4 is 9.96 Å². The molecule has 2 aromatic rings. The van der Waals surface area contributed by atoms with Crippen molar-refractivity contribution in [3.8, 4) is 0 Å². The van der Waals surface area contributed by atoms with Crippen LogP contribution in [0, 0.1) is 0 Å². The van der Waals surface area contributed by atoms with Crippen molar-refractivity contribution in [3.63, 3.8) is 0 Å². The lowest BCUT2D eigenvalue weighted by molar-refractivity contribution is -1.07. The Balaban J connectivity index is 1.43. The molecule has 3 atom stereocenters. The highest BCUT2D eigenvalue weighted by Gasteiger charge is 2.49. The van der Waals surface area contributed by atoms with E-state index < -0.39 is 28.8 Å². The van der Waals surface area contributed by atoms with E-state index in [0.29, 0.717) is 23.5 Å². The van der Waals surface area contributed by atoms with Gasteiger partial charge in [0.2, 0.25) is 5.70 Å². The van der Waals surface area contributed by atoms with Gasteiger partial charge in [-0.2, -0.15) is 13.2 Å².